The normalized spacial score (nSPS) is 15.1. The van der Waals surface area contributed by atoms with Gasteiger partial charge in [0.1, 0.15) is 23.0 Å². The second-order valence-corrected chi connectivity index (χ2v) is 13.8. The summed E-state index contributed by atoms with van der Waals surface area (Å²) in [7, 11) is 0. The van der Waals surface area contributed by atoms with E-state index in [0.717, 1.165) is 68.0 Å². The second kappa shape index (κ2) is 7.27. The molecule has 0 N–H and O–H groups in total. The van der Waals surface area contributed by atoms with Crippen molar-refractivity contribution in [1.82, 2.24) is 0 Å². The Bertz CT molecular complexity index is 2000. The molecule has 0 fully saturated rings. The topological polar surface area (TPSA) is 30.9 Å². The lowest BCUT2D eigenvalue weighted by atomic mass is 9.32. The van der Waals surface area contributed by atoms with Crippen LogP contribution in [0, 0.1) is 0 Å². The zero-order valence-electron chi connectivity index (χ0n) is 24.2. The molecule has 200 valence electrons. The quantitative estimate of drug-likeness (QED) is 0.184. The Kier molecular flexibility index (Phi) is 4.14. The maximum absolute atomic E-state index is 6.87. The third-order valence-electron chi connectivity index (χ3n) is 9.11. The molecular formula is C36H30BNO3. The van der Waals surface area contributed by atoms with E-state index < -0.39 is 0 Å². The van der Waals surface area contributed by atoms with Crippen molar-refractivity contribution in [3.63, 3.8) is 0 Å². The molecule has 5 aromatic rings. The van der Waals surface area contributed by atoms with Gasteiger partial charge in [-0.2, -0.15) is 0 Å². The summed E-state index contributed by atoms with van der Waals surface area (Å²) in [5.74, 6) is 5.40. The molecule has 9 rings (SSSR count). The van der Waals surface area contributed by atoms with Crippen LogP contribution in [0.15, 0.2) is 72.8 Å². The zero-order valence-corrected chi connectivity index (χ0v) is 24.2. The Balaban J connectivity index is 1.46. The van der Waals surface area contributed by atoms with Crippen LogP contribution in [-0.2, 0) is 10.8 Å². The standard InChI is InChI=1S/C36H30BNO3/c1-35(2,3)21-14-15-23-29-33(21)40-25-12-9-13-26-30(25)37(29)31-32-28(18-22(34(31)41-26)36(4,5)6)39-27-17-20-11-8-7-10-19(20)16-24(27)38(23)32/h7-18H,1-6H3. The summed E-state index contributed by atoms with van der Waals surface area (Å²) in [5.41, 5.74) is 8.86. The summed E-state index contributed by atoms with van der Waals surface area (Å²) in [6.07, 6.45) is 0. The number of ether oxygens (including phenoxy) is 3. The van der Waals surface area contributed by atoms with Gasteiger partial charge in [-0.25, -0.2) is 0 Å². The van der Waals surface area contributed by atoms with E-state index in [0.29, 0.717) is 0 Å². The van der Waals surface area contributed by atoms with Crippen LogP contribution in [0.25, 0.3) is 10.8 Å². The Morgan fingerprint density at radius 2 is 1.20 bits per heavy atom. The molecule has 4 aliphatic rings. The number of hydrogen-bond acceptors (Lipinski definition) is 4. The minimum absolute atomic E-state index is 0.0103. The monoisotopic (exact) mass is 535 g/mol. The molecule has 0 spiro atoms. The predicted octanol–water partition coefficient (Wildman–Crippen LogP) is 8.05. The number of anilines is 3. The summed E-state index contributed by atoms with van der Waals surface area (Å²) in [5, 5.41) is 2.34. The van der Waals surface area contributed by atoms with E-state index in [4.69, 9.17) is 14.2 Å². The number of nitrogens with zero attached hydrogens (tertiary/aromatic N) is 1. The highest BCUT2D eigenvalue weighted by Gasteiger charge is 2.52. The zero-order chi connectivity index (χ0) is 28.0. The molecule has 5 aromatic carbocycles. The predicted molar refractivity (Wildman–Crippen MR) is 167 cm³/mol. The molecule has 0 saturated heterocycles. The first kappa shape index (κ1) is 23.3. The van der Waals surface area contributed by atoms with Crippen molar-refractivity contribution in [1.29, 1.82) is 0 Å². The smallest absolute Gasteiger partial charge is 0.266 e. The van der Waals surface area contributed by atoms with Crippen LogP contribution in [0.2, 0.25) is 0 Å². The summed E-state index contributed by atoms with van der Waals surface area (Å²) in [6.45, 7) is 13.5. The van der Waals surface area contributed by atoms with Crippen molar-refractivity contribution in [3.8, 4) is 34.5 Å². The van der Waals surface area contributed by atoms with E-state index in [-0.39, 0.29) is 17.5 Å². The first-order valence-corrected chi connectivity index (χ1v) is 14.5. The van der Waals surface area contributed by atoms with Crippen LogP contribution in [0.1, 0.15) is 52.7 Å². The van der Waals surface area contributed by atoms with Crippen LogP contribution in [0.4, 0.5) is 17.1 Å². The Hall–Kier alpha value is -4.38. The second-order valence-electron chi connectivity index (χ2n) is 13.8. The Labute approximate surface area is 240 Å². The molecule has 4 nitrogen and oxygen atoms in total. The van der Waals surface area contributed by atoms with Gasteiger partial charge in [0.25, 0.3) is 6.71 Å². The molecule has 0 bridgehead atoms. The van der Waals surface area contributed by atoms with Gasteiger partial charge in [0.15, 0.2) is 11.5 Å². The van der Waals surface area contributed by atoms with Crippen LogP contribution in [0.5, 0.6) is 34.5 Å². The van der Waals surface area contributed by atoms with Crippen LogP contribution in [0.3, 0.4) is 0 Å². The van der Waals surface area contributed by atoms with E-state index in [9.17, 15) is 0 Å². The van der Waals surface area contributed by atoms with Gasteiger partial charge in [-0.1, -0.05) is 77.9 Å². The lowest BCUT2D eigenvalue weighted by Crippen LogP contribution is -2.62. The molecule has 0 aromatic heterocycles. The Morgan fingerprint density at radius 1 is 0.537 bits per heavy atom. The maximum Gasteiger partial charge on any atom is 0.266 e. The van der Waals surface area contributed by atoms with Crippen molar-refractivity contribution >= 4 is 50.9 Å². The number of hydrogen-bond donors (Lipinski definition) is 0. The van der Waals surface area contributed by atoms with Crippen molar-refractivity contribution < 1.29 is 14.2 Å². The molecule has 0 saturated carbocycles. The van der Waals surface area contributed by atoms with E-state index in [2.05, 4.69) is 113 Å². The van der Waals surface area contributed by atoms with Crippen molar-refractivity contribution in [2.75, 3.05) is 4.90 Å². The number of benzene rings is 5. The molecule has 41 heavy (non-hydrogen) atoms. The highest BCUT2D eigenvalue weighted by atomic mass is 16.5. The van der Waals surface area contributed by atoms with Crippen molar-refractivity contribution in [2.45, 2.75) is 52.4 Å². The first-order valence-electron chi connectivity index (χ1n) is 14.5. The minimum Gasteiger partial charge on any atom is -0.458 e. The van der Waals surface area contributed by atoms with E-state index >= 15 is 0 Å². The summed E-state index contributed by atoms with van der Waals surface area (Å²) in [4.78, 5) is 2.40. The molecule has 4 aliphatic heterocycles. The fourth-order valence-electron chi connectivity index (χ4n) is 7.25. The molecule has 0 atom stereocenters. The Morgan fingerprint density at radius 3 is 1.88 bits per heavy atom. The summed E-state index contributed by atoms with van der Waals surface area (Å²) >= 11 is 0. The van der Waals surface area contributed by atoms with Crippen LogP contribution < -0.4 is 35.5 Å². The molecule has 4 heterocycles. The first-order chi connectivity index (χ1) is 19.6. The van der Waals surface area contributed by atoms with Gasteiger partial charge in [-0.05, 0) is 69.0 Å². The van der Waals surface area contributed by atoms with E-state index in [1.165, 1.54) is 21.9 Å². The fraction of sp³-hybridized carbons (Fsp3) is 0.222. The van der Waals surface area contributed by atoms with Gasteiger partial charge < -0.3 is 19.1 Å². The van der Waals surface area contributed by atoms with Crippen molar-refractivity contribution in [2.24, 2.45) is 0 Å². The van der Waals surface area contributed by atoms with Gasteiger partial charge in [0, 0.05) is 22.2 Å². The number of rotatable bonds is 0. The van der Waals surface area contributed by atoms with Gasteiger partial charge in [0.2, 0.25) is 0 Å². The maximum atomic E-state index is 6.87. The van der Waals surface area contributed by atoms with E-state index in [1.54, 1.807) is 0 Å². The van der Waals surface area contributed by atoms with Crippen molar-refractivity contribution in [3.05, 3.63) is 83.9 Å². The van der Waals surface area contributed by atoms with Gasteiger partial charge in [0.05, 0.1) is 11.4 Å². The van der Waals surface area contributed by atoms with Crippen LogP contribution in [-0.4, -0.2) is 6.71 Å². The number of fused-ring (bicyclic) bond motifs is 4. The molecule has 0 radical (unpaired) electrons. The SMILES string of the molecule is CC(C)(C)c1ccc2c3c1Oc1cccc4c1B3c1c(c(C(C)(C)C)cc3c1N2c1cc2ccccc2cc1O3)O4. The molecule has 0 unspecified atom stereocenters. The molecule has 0 amide bonds. The molecule has 0 aliphatic carbocycles. The molecular weight excluding hydrogens is 505 g/mol. The lowest BCUT2D eigenvalue weighted by molar-refractivity contribution is 0.434. The van der Waals surface area contributed by atoms with Gasteiger partial charge >= 0.3 is 0 Å². The average molecular weight is 535 g/mol. The highest BCUT2D eigenvalue weighted by molar-refractivity contribution is 7.00. The lowest BCUT2D eigenvalue weighted by Gasteiger charge is -2.47. The molecule has 5 heteroatoms. The largest absolute Gasteiger partial charge is 0.458 e. The summed E-state index contributed by atoms with van der Waals surface area (Å²) < 4.78 is 20.6. The van der Waals surface area contributed by atoms with Gasteiger partial charge in [-0.3, -0.25) is 0 Å². The third-order valence-corrected chi connectivity index (χ3v) is 9.11. The summed E-state index contributed by atoms with van der Waals surface area (Å²) in [6, 6.07) is 25.9. The van der Waals surface area contributed by atoms with Gasteiger partial charge in [-0.15, -0.1) is 0 Å². The van der Waals surface area contributed by atoms with Crippen LogP contribution >= 0.6 is 0 Å². The van der Waals surface area contributed by atoms with E-state index in [1.807, 2.05) is 6.07 Å². The highest BCUT2D eigenvalue weighted by Crippen LogP contribution is 2.57. The average Bonchev–Trinajstić information content (AvgIpc) is 2.93. The third kappa shape index (κ3) is 2.91. The minimum atomic E-state index is -0.157. The fourth-order valence-corrected chi connectivity index (χ4v) is 7.25.